The molecule has 0 radical (unpaired) electrons. The Balaban J connectivity index is 2.77. The zero-order valence-corrected chi connectivity index (χ0v) is 12.7. The number of aliphatic hydroxyl groups is 2. The molecule has 0 aromatic heterocycles. The summed E-state index contributed by atoms with van der Waals surface area (Å²) in [5, 5.41) is 24.6. The second-order valence-electron chi connectivity index (χ2n) is 4.50. The van der Waals surface area contributed by atoms with Crippen LogP contribution in [0.4, 0.5) is 4.79 Å². The van der Waals surface area contributed by atoms with Gasteiger partial charge in [0.1, 0.15) is 24.4 Å². The molecule has 1 aliphatic rings. The smallest absolute Gasteiger partial charge is 0.315 e. The van der Waals surface area contributed by atoms with Gasteiger partial charge in [-0.25, -0.2) is 4.79 Å². The topological polar surface area (TPSA) is 143 Å². The van der Waals surface area contributed by atoms with Crippen LogP contribution in [0.1, 0.15) is 0 Å². The van der Waals surface area contributed by atoms with Crippen molar-refractivity contribution in [3.63, 3.8) is 0 Å². The van der Waals surface area contributed by atoms with Crippen LogP contribution < -0.4 is 10.6 Å². The first-order valence-electron chi connectivity index (χ1n) is 6.06. The first-order chi connectivity index (χ1) is 9.69. The molecule has 0 saturated carbocycles. The van der Waals surface area contributed by atoms with Crippen LogP contribution in [0.15, 0.2) is 0 Å². The van der Waals surface area contributed by atoms with E-state index in [4.69, 9.17) is 9.47 Å². The third-order valence-corrected chi connectivity index (χ3v) is 3.47. The van der Waals surface area contributed by atoms with Crippen LogP contribution in [-0.2, 0) is 23.8 Å². The molecule has 11 heteroatoms. The van der Waals surface area contributed by atoms with E-state index in [9.17, 15) is 23.4 Å². The van der Waals surface area contributed by atoms with Crippen molar-refractivity contribution >= 4 is 16.1 Å². The quantitative estimate of drug-likeness (QED) is 0.401. The van der Waals surface area contributed by atoms with Crippen LogP contribution >= 0.6 is 0 Å². The normalized spacial score (nSPS) is 33.5. The zero-order valence-electron chi connectivity index (χ0n) is 11.8. The van der Waals surface area contributed by atoms with Gasteiger partial charge in [0.05, 0.1) is 12.9 Å². The standard InChI is InChI=1S/C10H20N2O8S/c1-11-10(15)12-6-8(14)7(13)5(20-9(6)18-2)4-19-21(3,16)17/h5-9,13-14H,4H2,1-3H3,(H2,11,12,15)/t5-,6-,7-,8-,9-/m1/s1. The second kappa shape index (κ2) is 7.33. The van der Waals surface area contributed by atoms with Crippen molar-refractivity contribution in [2.45, 2.75) is 30.6 Å². The maximum absolute atomic E-state index is 11.3. The summed E-state index contributed by atoms with van der Waals surface area (Å²) in [4.78, 5) is 11.3. The lowest BCUT2D eigenvalue weighted by Crippen LogP contribution is -2.65. The van der Waals surface area contributed by atoms with Gasteiger partial charge < -0.3 is 30.3 Å². The highest BCUT2D eigenvalue weighted by molar-refractivity contribution is 7.85. The van der Waals surface area contributed by atoms with Crippen LogP contribution in [0.2, 0.25) is 0 Å². The first kappa shape index (κ1) is 18.1. The van der Waals surface area contributed by atoms with E-state index in [-0.39, 0.29) is 0 Å². The number of urea groups is 1. The summed E-state index contributed by atoms with van der Waals surface area (Å²) in [7, 11) is -1.06. The molecular formula is C10H20N2O8S. The minimum absolute atomic E-state index is 0.483. The van der Waals surface area contributed by atoms with Crippen LogP contribution in [0.5, 0.6) is 0 Å². The molecular weight excluding hydrogens is 308 g/mol. The van der Waals surface area contributed by atoms with E-state index >= 15 is 0 Å². The van der Waals surface area contributed by atoms with Gasteiger partial charge in [-0.1, -0.05) is 0 Å². The minimum Gasteiger partial charge on any atom is -0.388 e. The summed E-state index contributed by atoms with van der Waals surface area (Å²) in [5.74, 6) is 0. The van der Waals surface area contributed by atoms with Crippen molar-refractivity contribution < 1.29 is 37.1 Å². The maximum atomic E-state index is 11.3. The average Bonchev–Trinajstić information content (AvgIpc) is 2.41. The second-order valence-corrected chi connectivity index (χ2v) is 6.14. The lowest BCUT2D eigenvalue weighted by molar-refractivity contribution is -0.259. The van der Waals surface area contributed by atoms with E-state index in [0.717, 1.165) is 6.26 Å². The fourth-order valence-corrected chi connectivity index (χ4v) is 2.22. The van der Waals surface area contributed by atoms with E-state index < -0.39 is 53.4 Å². The van der Waals surface area contributed by atoms with Gasteiger partial charge in [-0.3, -0.25) is 4.18 Å². The number of carbonyl (C=O) groups excluding carboxylic acids is 1. The largest absolute Gasteiger partial charge is 0.388 e. The number of hydrogen-bond acceptors (Lipinski definition) is 8. The molecule has 124 valence electrons. The Hall–Kier alpha value is -0.980. The van der Waals surface area contributed by atoms with Crippen molar-refractivity contribution in [3.8, 4) is 0 Å². The number of nitrogens with one attached hydrogen (secondary N) is 2. The number of ether oxygens (including phenoxy) is 2. The Morgan fingerprint density at radius 1 is 1.33 bits per heavy atom. The Morgan fingerprint density at radius 2 is 1.95 bits per heavy atom. The highest BCUT2D eigenvalue weighted by Gasteiger charge is 2.45. The molecule has 5 atom stereocenters. The number of rotatable bonds is 5. The van der Waals surface area contributed by atoms with Gasteiger partial charge in [0.2, 0.25) is 0 Å². The van der Waals surface area contributed by atoms with Gasteiger partial charge in [0.25, 0.3) is 10.1 Å². The summed E-state index contributed by atoms with van der Waals surface area (Å²) in [6, 6.07) is -1.62. The Morgan fingerprint density at radius 3 is 2.43 bits per heavy atom. The molecule has 10 nitrogen and oxygen atoms in total. The molecule has 4 N–H and O–H groups in total. The monoisotopic (exact) mass is 328 g/mol. The van der Waals surface area contributed by atoms with E-state index in [1.54, 1.807) is 0 Å². The molecule has 21 heavy (non-hydrogen) atoms. The van der Waals surface area contributed by atoms with Crippen molar-refractivity contribution in [2.75, 3.05) is 27.0 Å². The first-order valence-corrected chi connectivity index (χ1v) is 7.88. The minimum atomic E-state index is -3.72. The molecule has 2 amide bonds. The van der Waals surface area contributed by atoms with Crippen LogP contribution in [0.25, 0.3) is 0 Å². The Labute approximate surface area is 122 Å². The molecule has 0 aliphatic carbocycles. The summed E-state index contributed by atoms with van der Waals surface area (Å²) < 4.78 is 36.7. The van der Waals surface area contributed by atoms with Gasteiger partial charge in [-0.15, -0.1) is 0 Å². The number of amides is 2. The van der Waals surface area contributed by atoms with Crippen molar-refractivity contribution in [3.05, 3.63) is 0 Å². The van der Waals surface area contributed by atoms with Gasteiger partial charge in [0.15, 0.2) is 6.29 Å². The van der Waals surface area contributed by atoms with E-state index in [1.807, 2.05) is 0 Å². The number of methoxy groups -OCH3 is 1. The summed E-state index contributed by atoms with van der Waals surface area (Å²) in [6.45, 7) is -0.483. The number of hydrogen-bond donors (Lipinski definition) is 4. The van der Waals surface area contributed by atoms with Crippen LogP contribution in [-0.4, -0.2) is 82.3 Å². The molecule has 1 aliphatic heterocycles. The number of carbonyl (C=O) groups is 1. The van der Waals surface area contributed by atoms with Gasteiger partial charge in [-0.05, 0) is 0 Å². The lowest BCUT2D eigenvalue weighted by Gasteiger charge is -2.41. The zero-order chi connectivity index (χ0) is 16.2. The summed E-state index contributed by atoms with van der Waals surface area (Å²) >= 11 is 0. The van der Waals surface area contributed by atoms with Crippen molar-refractivity contribution in [2.24, 2.45) is 0 Å². The van der Waals surface area contributed by atoms with Gasteiger partial charge in [-0.2, -0.15) is 8.42 Å². The van der Waals surface area contributed by atoms with Gasteiger partial charge >= 0.3 is 6.03 Å². The number of aliphatic hydroxyl groups excluding tert-OH is 2. The van der Waals surface area contributed by atoms with Crippen LogP contribution in [0.3, 0.4) is 0 Å². The van der Waals surface area contributed by atoms with Gasteiger partial charge in [0, 0.05) is 14.2 Å². The lowest BCUT2D eigenvalue weighted by atomic mass is 9.97. The Kier molecular flexibility index (Phi) is 6.31. The molecule has 0 aromatic rings. The third kappa shape index (κ3) is 5.05. The molecule has 1 fully saturated rings. The Bertz CT molecular complexity index is 454. The molecule has 0 spiro atoms. The average molecular weight is 328 g/mol. The maximum Gasteiger partial charge on any atom is 0.315 e. The third-order valence-electron chi connectivity index (χ3n) is 2.90. The van der Waals surface area contributed by atoms with Crippen molar-refractivity contribution in [1.29, 1.82) is 0 Å². The fraction of sp³-hybridized carbons (Fsp3) is 0.900. The molecule has 0 unspecified atom stereocenters. The predicted molar refractivity (Wildman–Crippen MR) is 69.9 cm³/mol. The molecule has 1 heterocycles. The molecule has 0 aromatic carbocycles. The highest BCUT2D eigenvalue weighted by atomic mass is 32.2. The molecule has 1 saturated heterocycles. The highest BCUT2D eigenvalue weighted by Crippen LogP contribution is 2.22. The summed E-state index contributed by atoms with van der Waals surface area (Å²) in [6.07, 6.45) is -4.23. The van der Waals surface area contributed by atoms with E-state index in [0.29, 0.717) is 0 Å². The summed E-state index contributed by atoms with van der Waals surface area (Å²) in [5.41, 5.74) is 0. The SMILES string of the molecule is CNC(=O)N[C@H]1[C@H](OC)O[C@H](COS(C)(=O)=O)[C@@H](O)[C@@H]1O. The molecule has 1 rings (SSSR count). The van der Waals surface area contributed by atoms with E-state index in [2.05, 4.69) is 14.8 Å². The van der Waals surface area contributed by atoms with Crippen molar-refractivity contribution in [1.82, 2.24) is 10.6 Å². The predicted octanol–water partition coefficient (Wildman–Crippen LogP) is -2.65. The fourth-order valence-electron chi connectivity index (χ4n) is 1.84. The molecule has 0 bridgehead atoms. The van der Waals surface area contributed by atoms with E-state index in [1.165, 1.54) is 14.2 Å². The van der Waals surface area contributed by atoms with Crippen LogP contribution in [0, 0.1) is 0 Å².